The maximum Gasteiger partial charge on any atom is 0.243 e. The Morgan fingerprint density at radius 3 is 2.78 bits per heavy atom. The Balaban J connectivity index is 2.18. The van der Waals surface area contributed by atoms with Crippen molar-refractivity contribution < 1.29 is 12.8 Å². The lowest BCUT2D eigenvalue weighted by molar-refractivity contribution is 0.577. The Bertz CT molecular complexity index is 736. The minimum atomic E-state index is -3.83. The molecule has 0 radical (unpaired) electrons. The van der Waals surface area contributed by atoms with Crippen molar-refractivity contribution >= 4 is 15.7 Å². The molecule has 1 aromatic heterocycles. The molecule has 23 heavy (non-hydrogen) atoms. The van der Waals surface area contributed by atoms with E-state index in [0.29, 0.717) is 12.2 Å². The Morgan fingerprint density at radius 1 is 1.26 bits per heavy atom. The quantitative estimate of drug-likeness (QED) is 0.727. The molecule has 124 valence electrons. The summed E-state index contributed by atoms with van der Waals surface area (Å²) in [5.74, 6) is -0.590. The van der Waals surface area contributed by atoms with Crippen LogP contribution in [0, 0.1) is 5.82 Å². The fraction of sp³-hybridized carbons (Fsp3) is 0.312. The third kappa shape index (κ3) is 5.01. The Kier molecular flexibility index (Phi) is 6.06. The molecule has 0 aliphatic carbocycles. The van der Waals surface area contributed by atoms with E-state index in [0.717, 1.165) is 24.5 Å². The Morgan fingerprint density at radius 2 is 2.09 bits per heavy atom. The largest absolute Gasteiger partial charge is 0.384 e. The van der Waals surface area contributed by atoms with Gasteiger partial charge in [0.15, 0.2) is 0 Å². The van der Waals surface area contributed by atoms with E-state index < -0.39 is 15.8 Å². The number of hydrogen-bond acceptors (Lipinski definition) is 4. The zero-order valence-corrected chi connectivity index (χ0v) is 13.7. The van der Waals surface area contributed by atoms with Crippen LogP contribution in [0.25, 0.3) is 0 Å². The van der Waals surface area contributed by atoms with E-state index in [-0.39, 0.29) is 11.4 Å². The first-order valence-corrected chi connectivity index (χ1v) is 8.93. The van der Waals surface area contributed by atoms with Crippen molar-refractivity contribution in [1.29, 1.82) is 0 Å². The number of nitrogens with zero attached hydrogens (tertiary/aromatic N) is 1. The molecule has 0 unspecified atom stereocenters. The zero-order chi connectivity index (χ0) is 16.7. The summed E-state index contributed by atoms with van der Waals surface area (Å²) in [6.45, 7) is 2.77. The van der Waals surface area contributed by atoms with E-state index in [9.17, 15) is 12.8 Å². The van der Waals surface area contributed by atoms with Gasteiger partial charge in [0.05, 0.1) is 5.69 Å². The third-order valence-electron chi connectivity index (χ3n) is 3.27. The molecule has 0 atom stereocenters. The predicted molar refractivity (Wildman–Crippen MR) is 88.1 cm³/mol. The van der Waals surface area contributed by atoms with Crippen molar-refractivity contribution in [3.63, 3.8) is 0 Å². The van der Waals surface area contributed by atoms with Crippen LogP contribution in [0.15, 0.2) is 47.6 Å². The summed E-state index contributed by atoms with van der Waals surface area (Å²) < 4.78 is 40.9. The molecule has 2 rings (SSSR count). The van der Waals surface area contributed by atoms with E-state index in [4.69, 9.17) is 0 Å². The van der Waals surface area contributed by atoms with Gasteiger partial charge in [-0.3, -0.25) is 4.98 Å². The topological polar surface area (TPSA) is 71.1 Å². The molecule has 1 aromatic carbocycles. The second-order valence-corrected chi connectivity index (χ2v) is 6.84. The maximum atomic E-state index is 13.5. The lowest BCUT2D eigenvalue weighted by atomic mass is 10.3. The second kappa shape index (κ2) is 8.03. The average Bonchev–Trinajstić information content (AvgIpc) is 2.55. The van der Waals surface area contributed by atoms with Gasteiger partial charge in [0.25, 0.3) is 0 Å². The molecule has 0 spiro atoms. The number of anilines is 1. The predicted octanol–water partition coefficient (Wildman–Crippen LogP) is 2.91. The molecule has 0 fully saturated rings. The van der Waals surface area contributed by atoms with Crippen LogP contribution in [0.1, 0.15) is 25.3 Å². The van der Waals surface area contributed by atoms with E-state index in [2.05, 4.69) is 15.0 Å². The van der Waals surface area contributed by atoms with E-state index >= 15 is 0 Å². The SMILES string of the molecule is CCCCNc1ccc(F)cc1S(=O)(=O)NCc1cccnc1. The smallest absolute Gasteiger partial charge is 0.243 e. The third-order valence-corrected chi connectivity index (χ3v) is 4.71. The molecular formula is C16H20FN3O2S. The van der Waals surface area contributed by atoms with Gasteiger partial charge in [-0.1, -0.05) is 19.4 Å². The van der Waals surface area contributed by atoms with Crippen molar-refractivity contribution in [3.8, 4) is 0 Å². The molecule has 0 bridgehead atoms. The number of hydrogen-bond donors (Lipinski definition) is 2. The highest BCUT2D eigenvalue weighted by Crippen LogP contribution is 2.22. The fourth-order valence-corrected chi connectivity index (χ4v) is 3.23. The lowest BCUT2D eigenvalue weighted by Crippen LogP contribution is -2.24. The molecule has 2 aromatic rings. The second-order valence-electron chi connectivity index (χ2n) is 5.11. The van der Waals surface area contributed by atoms with Crippen molar-refractivity contribution in [2.45, 2.75) is 31.2 Å². The minimum Gasteiger partial charge on any atom is -0.384 e. The van der Waals surface area contributed by atoms with Crippen LogP contribution < -0.4 is 10.0 Å². The van der Waals surface area contributed by atoms with Gasteiger partial charge in [-0.2, -0.15) is 0 Å². The highest BCUT2D eigenvalue weighted by molar-refractivity contribution is 7.89. The Labute approximate surface area is 136 Å². The molecule has 2 N–H and O–H groups in total. The lowest BCUT2D eigenvalue weighted by Gasteiger charge is -2.13. The number of nitrogens with one attached hydrogen (secondary N) is 2. The van der Waals surface area contributed by atoms with Crippen LogP contribution in [-0.2, 0) is 16.6 Å². The van der Waals surface area contributed by atoms with E-state index in [1.54, 1.807) is 24.5 Å². The van der Waals surface area contributed by atoms with Gasteiger partial charge in [-0.15, -0.1) is 0 Å². The average molecular weight is 337 g/mol. The fourth-order valence-electron chi connectivity index (χ4n) is 2.02. The van der Waals surface area contributed by atoms with Gasteiger partial charge in [-0.05, 0) is 36.2 Å². The van der Waals surface area contributed by atoms with Crippen LogP contribution >= 0.6 is 0 Å². The Hall–Kier alpha value is -1.99. The molecule has 0 amide bonds. The number of pyridine rings is 1. The summed E-state index contributed by atoms with van der Waals surface area (Å²) >= 11 is 0. The monoisotopic (exact) mass is 337 g/mol. The summed E-state index contributed by atoms with van der Waals surface area (Å²) in [7, 11) is -3.83. The van der Waals surface area contributed by atoms with Crippen LogP contribution in [0.2, 0.25) is 0 Å². The first-order valence-electron chi connectivity index (χ1n) is 7.45. The number of benzene rings is 1. The molecule has 0 aliphatic rings. The van der Waals surface area contributed by atoms with E-state index in [1.165, 1.54) is 12.1 Å². The van der Waals surface area contributed by atoms with Crippen molar-refractivity contribution in [2.24, 2.45) is 0 Å². The van der Waals surface area contributed by atoms with Gasteiger partial charge in [0.2, 0.25) is 10.0 Å². The van der Waals surface area contributed by atoms with Gasteiger partial charge in [0.1, 0.15) is 10.7 Å². The first kappa shape index (κ1) is 17.4. The van der Waals surface area contributed by atoms with Crippen LogP contribution in [0.3, 0.4) is 0 Å². The summed E-state index contributed by atoms with van der Waals surface area (Å²) in [5, 5.41) is 3.05. The van der Waals surface area contributed by atoms with Crippen molar-refractivity contribution in [1.82, 2.24) is 9.71 Å². The highest BCUT2D eigenvalue weighted by Gasteiger charge is 2.19. The van der Waals surface area contributed by atoms with Gasteiger partial charge >= 0.3 is 0 Å². The minimum absolute atomic E-state index is 0.0857. The molecule has 0 saturated carbocycles. The number of unbranched alkanes of at least 4 members (excludes halogenated alkanes) is 1. The van der Waals surface area contributed by atoms with Crippen molar-refractivity contribution in [3.05, 3.63) is 54.1 Å². The number of aromatic nitrogens is 1. The van der Waals surface area contributed by atoms with Crippen LogP contribution in [-0.4, -0.2) is 19.9 Å². The number of sulfonamides is 1. The van der Waals surface area contributed by atoms with Gasteiger partial charge in [-0.25, -0.2) is 17.5 Å². The summed E-state index contributed by atoms with van der Waals surface area (Å²) in [6.07, 6.45) is 5.07. The molecule has 0 aliphatic heterocycles. The summed E-state index contributed by atoms with van der Waals surface area (Å²) in [5.41, 5.74) is 1.13. The maximum absolute atomic E-state index is 13.5. The van der Waals surface area contributed by atoms with E-state index in [1.807, 2.05) is 6.92 Å². The molecule has 5 nitrogen and oxygen atoms in total. The first-order chi connectivity index (χ1) is 11.0. The summed E-state index contributed by atoms with van der Waals surface area (Å²) in [4.78, 5) is 3.85. The standard InChI is InChI=1S/C16H20FN3O2S/c1-2-3-9-19-15-7-6-14(17)10-16(15)23(21,22)20-12-13-5-4-8-18-11-13/h4-8,10-11,19-20H,2-3,9,12H2,1H3. The van der Waals surface area contributed by atoms with Crippen LogP contribution in [0.4, 0.5) is 10.1 Å². The molecule has 7 heteroatoms. The molecular weight excluding hydrogens is 317 g/mol. The van der Waals surface area contributed by atoms with Crippen molar-refractivity contribution in [2.75, 3.05) is 11.9 Å². The van der Waals surface area contributed by atoms with Gasteiger partial charge < -0.3 is 5.32 Å². The number of rotatable bonds is 8. The zero-order valence-electron chi connectivity index (χ0n) is 12.9. The van der Waals surface area contributed by atoms with Crippen LogP contribution in [0.5, 0.6) is 0 Å². The summed E-state index contributed by atoms with van der Waals surface area (Å²) in [6, 6.07) is 7.21. The molecule has 1 heterocycles. The normalized spacial score (nSPS) is 11.4. The highest BCUT2D eigenvalue weighted by atomic mass is 32.2. The number of halogens is 1. The molecule has 0 saturated heterocycles. The van der Waals surface area contributed by atoms with Gasteiger partial charge in [0, 0.05) is 25.5 Å².